The maximum Gasteiger partial charge on any atom is 0.261 e. The number of benzene rings is 3. The van der Waals surface area contributed by atoms with E-state index >= 15 is 0 Å². The Morgan fingerprint density at radius 3 is 2.37 bits per heavy atom. The van der Waals surface area contributed by atoms with Crippen LogP contribution in [0.25, 0.3) is 0 Å². The van der Waals surface area contributed by atoms with Crippen molar-refractivity contribution >= 4 is 21.6 Å². The topological polar surface area (TPSA) is 93.7 Å². The van der Waals surface area contributed by atoms with Gasteiger partial charge in [0.1, 0.15) is 13.2 Å². The van der Waals surface area contributed by atoms with Crippen LogP contribution in [0.15, 0.2) is 65.6 Å². The predicted octanol–water partition coefficient (Wildman–Crippen LogP) is 4.58. The number of amides is 1. The van der Waals surface area contributed by atoms with E-state index in [1.54, 1.807) is 25.1 Å². The Morgan fingerprint density at radius 2 is 1.63 bits per heavy atom. The first-order chi connectivity index (χ1) is 16.6. The number of hydrogen-bond donors (Lipinski definition) is 2. The van der Waals surface area contributed by atoms with Crippen LogP contribution in [0.5, 0.6) is 11.5 Å². The molecule has 0 atom stereocenters. The van der Waals surface area contributed by atoms with Crippen LogP contribution >= 0.6 is 0 Å². The maximum atomic E-state index is 13.1. The summed E-state index contributed by atoms with van der Waals surface area (Å²) in [4.78, 5) is 13.1. The summed E-state index contributed by atoms with van der Waals surface area (Å²) in [6.07, 6.45) is 0. The summed E-state index contributed by atoms with van der Waals surface area (Å²) < 4.78 is 39.9. The molecule has 1 aliphatic heterocycles. The van der Waals surface area contributed by atoms with Gasteiger partial charge < -0.3 is 14.8 Å². The Morgan fingerprint density at radius 1 is 0.914 bits per heavy atom. The van der Waals surface area contributed by atoms with Gasteiger partial charge in [-0.25, -0.2) is 8.42 Å². The van der Waals surface area contributed by atoms with Crippen molar-refractivity contribution in [2.24, 2.45) is 0 Å². The molecule has 1 aliphatic rings. The van der Waals surface area contributed by atoms with Gasteiger partial charge in [-0.2, -0.15) is 0 Å². The number of nitrogens with one attached hydrogen (secondary N) is 2. The Labute approximate surface area is 206 Å². The van der Waals surface area contributed by atoms with E-state index in [0.29, 0.717) is 48.1 Å². The van der Waals surface area contributed by atoms with Crippen molar-refractivity contribution in [2.45, 2.75) is 38.0 Å². The molecule has 3 aromatic carbocycles. The quantitative estimate of drug-likeness (QED) is 0.501. The first-order valence-corrected chi connectivity index (χ1v) is 12.9. The van der Waals surface area contributed by atoms with E-state index in [1.807, 2.05) is 51.1 Å². The summed E-state index contributed by atoms with van der Waals surface area (Å²) in [5.74, 6) is 1.08. The normalized spacial score (nSPS) is 13.3. The Hall–Kier alpha value is -3.52. The number of hydrogen-bond acceptors (Lipinski definition) is 5. The van der Waals surface area contributed by atoms with Gasteiger partial charge in [0.25, 0.3) is 15.9 Å². The zero-order chi connectivity index (χ0) is 25.2. The molecule has 0 unspecified atom stereocenters. The minimum absolute atomic E-state index is 0.0302. The van der Waals surface area contributed by atoms with Crippen LogP contribution in [-0.2, 0) is 15.4 Å². The fraction of sp³-hybridized carbons (Fsp3) is 0.296. The Bertz CT molecular complexity index is 1370. The van der Waals surface area contributed by atoms with Crippen LogP contribution in [0.3, 0.4) is 0 Å². The van der Waals surface area contributed by atoms with E-state index < -0.39 is 15.4 Å². The minimum atomic E-state index is -3.86. The Kier molecular flexibility index (Phi) is 6.76. The molecule has 7 nitrogen and oxygen atoms in total. The van der Waals surface area contributed by atoms with Crippen molar-refractivity contribution < 1.29 is 22.7 Å². The highest BCUT2D eigenvalue weighted by Gasteiger charge is 2.25. The van der Waals surface area contributed by atoms with Gasteiger partial charge in [-0.1, -0.05) is 44.2 Å². The lowest BCUT2D eigenvalue weighted by molar-refractivity contribution is 0.0944. The van der Waals surface area contributed by atoms with E-state index in [0.717, 1.165) is 11.1 Å². The van der Waals surface area contributed by atoms with E-state index in [-0.39, 0.29) is 10.8 Å². The van der Waals surface area contributed by atoms with Crippen LogP contribution in [0, 0.1) is 13.8 Å². The van der Waals surface area contributed by atoms with Crippen LogP contribution in [0.2, 0.25) is 0 Å². The second kappa shape index (κ2) is 9.62. The molecule has 0 aliphatic carbocycles. The van der Waals surface area contributed by atoms with Crippen LogP contribution < -0.4 is 19.5 Å². The van der Waals surface area contributed by atoms with Crippen molar-refractivity contribution in [1.29, 1.82) is 0 Å². The van der Waals surface area contributed by atoms with Crippen molar-refractivity contribution in [3.8, 4) is 11.5 Å². The zero-order valence-electron chi connectivity index (χ0n) is 20.3. The molecule has 0 radical (unpaired) electrons. The number of aryl methyl sites for hydroxylation is 2. The minimum Gasteiger partial charge on any atom is -0.486 e. The van der Waals surface area contributed by atoms with Gasteiger partial charge >= 0.3 is 0 Å². The van der Waals surface area contributed by atoms with Gasteiger partial charge in [-0.15, -0.1) is 0 Å². The number of carbonyl (C=O) groups excluding carboxylic acids is 1. The third-order valence-electron chi connectivity index (χ3n) is 6.17. The number of sulfonamides is 1. The van der Waals surface area contributed by atoms with Crippen molar-refractivity contribution in [3.05, 3.63) is 82.9 Å². The molecular formula is C27H30N2O5S. The van der Waals surface area contributed by atoms with Crippen LogP contribution in [0.4, 0.5) is 5.69 Å². The van der Waals surface area contributed by atoms with E-state index in [4.69, 9.17) is 9.47 Å². The monoisotopic (exact) mass is 494 g/mol. The molecule has 0 spiro atoms. The molecule has 4 rings (SSSR count). The Balaban J connectivity index is 1.51. The van der Waals surface area contributed by atoms with Gasteiger partial charge in [0.05, 0.1) is 10.6 Å². The number of carbonyl (C=O) groups is 1. The molecule has 0 saturated carbocycles. The average molecular weight is 495 g/mol. The fourth-order valence-electron chi connectivity index (χ4n) is 3.87. The van der Waals surface area contributed by atoms with E-state index in [9.17, 15) is 13.2 Å². The predicted molar refractivity (Wildman–Crippen MR) is 136 cm³/mol. The second-order valence-corrected chi connectivity index (χ2v) is 11.0. The molecule has 1 amide bonds. The highest BCUT2D eigenvalue weighted by molar-refractivity contribution is 7.92. The highest BCUT2D eigenvalue weighted by atomic mass is 32.2. The van der Waals surface area contributed by atoms with Crippen LogP contribution in [-0.4, -0.2) is 34.1 Å². The number of rotatable bonds is 7. The van der Waals surface area contributed by atoms with Gasteiger partial charge in [-0.05, 0) is 60.9 Å². The summed E-state index contributed by atoms with van der Waals surface area (Å²) in [6.45, 7) is 9.05. The lowest BCUT2D eigenvalue weighted by atomic mass is 9.84. The van der Waals surface area contributed by atoms with E-state index in [1.165, 1.54) is 12.1 Å². The maximum absolute atomic E-state index is 13.1. The highest BCUT2D eigenvalue weighted by Crippen LogP contribution is 2.35. The smallest absolute Gasteiger partial charge is 0.261 e. The molecular weight excluding hydrogens is 464 g/mol. The lowest BCUT2D eigenvalue weighted by Gasteiger charge is -2.28. The molecule has 0 saturated heterocycles. The second-order valence-electron chi connectivity index (χ2n) is 9.32. The summed E-state index contributed by atoms with van der Waals surface area (Å²) in [7, 11) is -3.86. The van der Waals surface area contributed by atoms with Gasteiger partial charge in [0.2, 0.25) is 0 Å². The van der Waals surface area contributed by atoms with Gasteiger partial charge in [-0.3, -0.25) is 9.52 Å². The molecule has 35 heavy (non-hydrogen) atoms. The average Bonchev–Trinajstić information content (AvgIpc) is 2.83. The van der Waals surface area contributed by atoms with Crippen molar-refractivity contribution in [1.82, 2.24) is 5.32 Å². The molecule has 3 aromatic rings. The molecule has 8 heteroatoms. The van der Waals surface area contributed by atoms with Crippen molar-refractivity contribution in [3.63, 3.8) is 0 Å². The molecule has 0 aromatic heterocycles. The zero-order valence-corrected chi connectivity index (χ0v) is 21.2. The molecule has 2 N–H and O–H groups in total. The van der Waals surface area contributed by atoms with E-state index in [2.05, 4.69) is 10.0 Å². The summed E-state index contributed by atoms with van der Waals surface area (Å²) in [5, 5.41) is 2.97. The lowest BCUT2D eigenvalue weighted by Crippen LogP contribution is -2.37. The third kappa shape index (κ3) is 5.43. The molecule has 0 bridgehead atoms. The largest absolute Gasteiger partial charge is 0.486 e. The first kappa shape index (κ1) is 24.6. The summed E-state index contributed by atoms with van der Waals surface area (Å²) in [6, 6.07) is 17.5. The molecule has 184 valence electrons. The van der Waals surface area contributed by atoms with Gasteiger partial charge in [0, 0.05) is 17.5 Å². The number of ether oxygens (including phenoxy) is 2. The third-order valence-corrected chi connectivity index (χ3v) is 7.53. The molecule has 0 fully saturated rings. The SMILES string of the molecule is Cc1ccccc1NS(=O)(=O)c1ccc(C)c(C(=O)NCC(C)(C)c2ccc3c(c2)OCCO3)c1. The standard InChI is InChI=1S/C27H30N2O5S/c1-18-9-11-21(35(31,32)29-23-8-6-5-7-19(23)2)16-22(18)26(30)28-17-27(3,4)20-10-12-24-25(15-20)34-14-13-33-24/h5-12,15-16,29H,13-14,17H2,1-4H3,(H,28,30). The van der Waals surface area contributed by atoms with Crippen molar-refractivity contribution in [2.75, 3.05) is 24.5 Å². The summed E-state index contributed by atoms with van der Waals surface area (Å²) in [5.41, 5.74) is 2.92. The van der Waals surface area contributed by atoms with Gasteiger partial charge in [0.15, 0.2) is 11.5 Å². The first-order valence-electron chi connectivity index (χ1n) is 11.4. The number of fused-ring (bicyclic) bond motifs is 1. The molecule has 1 heterocycles. The fourth-order valence-corrected chi connectivity index (χ4v) is 5.02. The number of anilines is 1. The summed E-state index contributed by atoms with van der Waals surface area (Å²) >= 11 is 0. The van der Waals surface area contributed by atoms with Crippen LogP contribution in [0.1, 0.15) is 40.9 Å². The number of para-hydroxylation sites is 1.